The first-order valence-electron chi connectivity index (χ1n) is 3.26. The summed E-state index contributed by atoms with van der Waals surface area (Å²) < 4.78 is 25.5. The van der Waals surface area contributed by atoms with Gasteiger partial charge in [-0.1, -0.05) is 0 Å². The molecule has 1 aromatic rings. The van der Waals surface area contributed by atoms with Crippen LogP contribution in [0.4, 0.5) is 14.5 Å². The van der Waals surface area contributed by atoms with Crippen LogP contribution in [0.1, 0.15) is 10.4 Å². The van der Waals surface area contributed by atoms with Gasteiger partial charge in [0.25, 0.3) is 10.9 Å². The van der Waals surface area contributed by atoms with Crippen LogP contribution in [0.2, 0.25) is 0 Å². The molecule has 0 aliphatic rings. The second-order valence-corrected chi connectivity index (χ2v) is 2.66. The second-order valence-electron chi connectivity index (χ2n) is 2.32. The van der Waals surface area contributed by atoms with E-state index in [0.29, 0.717) is 12.1 Å². The third-order valence-corrected chi connectivity index (χ3v) is 1.64. The Labute approximate surface area is 81.2 Å². The van der Waals surface area contributed by atoms with Gasteiger partial charge in [0, 0.05) is 6.07 Å². The molecule has 0 amide bonds. The quantitative estimate of drug-likeness (QED) is 0.437. The lowest BCUT2D eigenvalue weighted by Gasteiger charge is -1.98. The van der Waals surface area contributed by atoms with Crippen LogP contribution in [0.5, 0.6) is 0 Å². The van der Waals surface area contributed by atoms with Crippen molar-refractivity contribution in [2.24, 2.45) is 0 Å². The zero-order chi connectivity index (χ0) is 10.9. The molecule has 7 heteroatoms. The molecule has 0 unspecified atom stereocenters. The van der Waals surface area contributed by atoms with E-state index >= 15 is 0 Å². The monoisotopic (exact) mass is 221 g/mol. The Morgan fingerprint density at radius 1 is 1.43 bits per heavy atom. The zero-order valence-electron chi connectivity index (χ0n) is 6.46. The van der Waals surface area contributed by atoms with E-state index in [-0.39, 0.29) is 0 Å². The molecule has 0 aromatic heterocycles. The Morgan fingerprint density at radius 2 is 2.00 bits per heavy atom. The van der Waals surface area contributed by atoms with E-state index in [1.165, 1.54) is 0 Å². The van der Waals surface area contributed by atoms with E-state index in [9.17, 15) is 23.7 Å². The Hall–Kier alpha value is -1.56. The van der Waals surface area contributed by atoms with Crippen molar-refractivity contribution in [1.82, 2.24) is 0 Å². The minimum absolute atomic E-state index is 0.374. The Kier molecular flexibility index (Phi) is 2.76. The second kappa shape index (κ2) is 3.67. The number of carbonyl (C=O) groups excluding carboxylic acids is 1. The van der Waals surface area contributed by atoms with E-state index in [4.69, 9.17) is 11.6 Å². The molecule has 1 rings (SSSR count). The van der Waals surface area contributed by atoms with Crippen molar-refractivity contribution in [2.45, 2.75) is 0 Å². The molecule has 1 aromatic carbocycles. The van der Waals surface area contributed by atoms with Gasteiger partial charge < -0.3 is 0 Å². The molecule has 74 valence electrons. The lowest BCUT2D eigenvalue weighted by atomic mass is 10.2. The van der Waals surface area contributed by atoms with Crippen molar-refractivity contribution in [3.8, 4) is 0 Å². The van der Waals surface area contributed by atoms with Crippen molar-refractivity contribution < 1.29 is 18.5 Å². The minimum atomic E-state index is -1.49. The van der Waals surface area contributed by atoms with Crippen molar-refractivity contribution >= 4 is 22.5 Å². The van der Waals surface area contributed by atoms with Crippen molar-refractivity contribution in [2.75, 3.05) is 0 Å². The maximum atomic E-state index is 12.8. The summed E-state index contributed by atoms with van der Waals surface area (Å²) in [6.07, 6.45) is 0. The minimum Gasteiger partial charge on any atom is -0.275 e. The molecule has 0 heterocycles. The predicted octanol–water partition coefficient (Wildman–Crippen LogP) is 2.25. The number of rotatable bonds is 2. The first-order valence-corrected chi connectivity index (χ1v) is 3.64. The van der Waals surface area contributed by atoms with E-state index < -0.39 is 33.1 Å². The molecule has 0 fully saturated rings. The normalized spacial score (nSPS) is 9.93. The lowest BCUT2D eigenvalue weighted by Crippen LogP contribution is -2.00. The topological polar surface area (TPSA) is 60.2 Å². The molecule has 4 nitrogen and oxygen atoms in total. The summed E-state index contributed by atoms with van der Waals surface area (Å²) in [4.78, 5) is 19.8. The van der Waals surface area contributed by atoms with E-state index in [0.717, 1.165) is 0 Å². The highest BCUT2D eigenvalue weighted by Crippen LogP contribution is 2.21. The number of hydrogen-bond acceptors (Lipinski definition) is 3. The number of benzene rings is 1. The van der Waals surface area contributed by atoms with Gasteiger partial charge in [-0.15, -0.1) is 0 Å². The molecule has 0 aliphatic heterocycles. The maximum absolute atomic E-state index is 12.8. The van der Waals surface area contributed by atoms with Crippen LogP contribution >= 0.6 is 11.6 Å². The SMILES string of the molecule is O=C(Cl)c1cc([N+](=O)[O-])cc(F)c1F. The molecule has 0 spiro atoms. The molecule has 0 aliphatic carbocycles. The molecule has 0 bridgehead atoms. The fourth-order valence-electron chi connectivity index (χ4n) is 0.823. The fourth-order valence-corrected chi connectivity index (χ4v) is 0.961. The highest BCUT2D eigenvalue weighted by Gasteiger charge is 2.20. The molecule has 0 radical (unpaired) electrons. The maximum Gasteiger partial charge on any atom is 0.273 e. The average Bonchev–Trinajstić information content (AvgIpc) is 2.08. The molecular formula is C7H2ClF2NO3. The summed E-state index contributed by atoms with van der Waals surface area (Å²) in [6, 6.07) is 0.951. The van der Waals surface area contributed by atoms with Crippen LogP contribution in [0.15, 0.2) is 12.1 Å². The zero-order valence-corrected chi connectivity index (χ0v) is 7.22. The van der Waals surface area contributed by atoms with Gasteiger partial charge in [0.1, 0.15) is 0 Å². The van der Waals surface area contributed by atoms with Gasteiger partial charge in [-0.05, 0) is 11.6 Å². The van der Waals surface area contributed by atoms with Gasteiger partial charge in [0.2, 0.25) is 0 Å². The van der Waals surface area contributed by atoms with Gasteiger partial charge >= 0.3 is 0 Å². The standard InChI is InChI=1S/C7H2ClF2NO3/c8-7(12)4-1-3(11(13)14)2-5(9)6(4)10/h1-2H. The Morgan fingerprint density at radius 3 is 2.43 bits per heavy atom. The highest BCUT2D eigenvalue weighted by atomic mass is 35.5. The van der Waals surface area contributed by atoms with Crippen LogP contribution < -0.4 is 0 Å². The first-order chi connectivity index (χ1) is 6.43. The van der Waals surface area contributed by atoms with Crippen molar-refractivity contribution in [1.29, 1.82) is 0 Å². The number of nitro benzene ring substituents is 1. The summed E-state index contributed by atoms with van der Waals surface area (Å²) in [5, 5.41) is 8.91. The summed E-state index contributed by atoms with van der Waals surface area (Å²) in [6.45, 7) is 0. The Balaban J connectivity index is 3.43. The van der Waals surface area contributed by atoms with Crippen LogP contribution in [0.25, 0.3) is 0 Å². The summed E-state index contributed by atoms with van der Waals surface area (Å²) in [5.41, 5.74) is -1.58. The third kappa shape index (κ3) is 1.85. The van der Waals surface area contributed by atoms with E-state index in [1.54, 1.807) is 0 Å². The van der Waals surface area contributed by atoms with Crippen LogP contribution in [-0.4, -0.2) is 10.2 Å². The first kappa shape index (κ1) is 10.5. The lowest BCUT2D eigenvalue weighted by molar-refractivity contribution is -0.385. The molecule has 14 heavy (non-hydrogen) atoms. The van der Waals surface area contributed by atoms with Crippen molar-refractivity contribution in [3.63, 3.8) is 0 Å². The van der Waals surface area contributed by atoms with Gasteiger partial charge in [0.05, 0.1) is 16.6 Å². The largest absolute Gasteiger partial charge is 0.275 e. The summed E-state index contributed by atoms with van der Waals surface area (Å²) >= 11 is 4.89. The summed E-state index contributed by atoms with van der Waals surface area (Å²) in [5.74, 6) is -2.97. The van der Waals surface area contributed by atoms with Gasteiger partial charge in [-0.3, -0.25) is 14.9 Å². The van der Waals surface area contributed by atoms with Crippen LogP contribution in [0, 0.1) is 21.7 Å². The fraction of sp³-hybridized carbons (Fsp3) is 0. The van der Waals surface area contributed by atoms with E-state index in [1.807, 2.05) is 0 Å². The average molecular weight is 222 g/mol. The number of non-ortho nitro benzene ring substituents is 1. The molecule has 0 saturated heterocycles. The number of nitrogens with zero attached hydrogens (tertiary/aromatic N) is 1. The van der Waals surface area contributed by atoms with Gasteiger partial charge in [-0.2, -0.15) is 0 Å². The smallest absolute Gasteiger partial charge is 0.273 e. The molecular weight excluding hydrogens is 220 g/mol. The third-order valence-electron chi connectivity index (χ3n) is 1.44. The highest BCUT2D eigenvalue weighted by molar-refractivity contribution is 6.67. The Bertz CT molecular complexity index is 422. The number of nitro groups is 1. The van der Waals surface area contributed by atoms with Gasteiger partial charge in [0.15, 0.2) is 11.6 Å². The molecule has 0 saturated carbocycles. The molecule has 0 atom stereocenters. The van der Waals surface area contributed by atoms with Gasteiger partial charge in [-0.25, -0.2) is 8.78 Å². The number of halogens is 3. The van der Waals surface area contributed by atoms with Crippen LogP contribution in [-0.2, 0) is 0 Å². The van der Waals surface area contributed by atoms with Crippen LogP contribution in [0.3, 0.4) is 0 Å². The molecule has 0 N–H and O–H groups in total. The van der Waals surface area contributed by atoms with E-state index in [2.05, 4.69) is 0 Å². The van der Waals surface area contributed by atoms with Crippen molar-refractivity contribution in [3.05, 3.63) is 39.4 Å². The number of carbonyl (C=O) groups is 1. The number of hydrogen-bond donors (Lipinski definition) is 0. The summed E-state index contributed by atoms with van der Waals surface area (Å²) in [7, 11) is 0. The predicted molar refractivity (Wildman–Crippen MR) is 43.2 cm³/mol.